The van der Waals surface area contributed by atoms with Gasteiger partial charge in [-0.2, -0.15) is 5.10 Å². The Hall–Kier alpha value is -1.07. The van der Waals surface area contributed by atoms with Crippen LogP contribution in [0, 0.1) is 11.3 Å². The first-order valence-corrected chi connectivity index (χ1v) is 8.63. The molecule has 2 heterocycles. The van der Waals surface area contributed by atoms with Crippen molar-refractivity contribution in [1.82, 2.24) is 20.8 Å². The van der Waals surface area contributed by atoms with Gasteiger partial charge in [0.1, 0.15) is 0 Å². The fourth-order valence-electron chi connectivity index (χ4n) is 3.83. The first-order chi connectivity index (χ1) is 10.6. The first kappa shape index (κ1) is 18.3. The van der Waals surface area contributed by atoms with Crippen molar-refractivity contribution in [2.45, 2.75) is 58.9 Å². The van der Waals surface area contributed by atoms with Gasteiger partial charge in [-0.15, -0.1) is 12.4 Å². The Balaban J connectivity index is 0.00000192. The van der Waals surface area contributed by atoms with E-state index in [4.69, 9.17) is 0 Å². The Bertz CT molecular complexity index is 535. The van der Waals surface area contributed by atoms with E-state index in [1.54, 1.807) is 0 Å². The number of nitrogens with zero attached hydrogens (tertiary/aromatic N) is 1. The van der Waals surface area contributed by atoms with Crippen LogP contribution in [0.25, 0.3) is 0 Å². The first-order valence-electron chi connectivity index (χ1n) is 8.63. The van der Waals surface area contributed by atoms with Crippen LogP contribution in [0.15, 0.2) is 0 Å². The predicted octanol–water partition coefficient (Wildman–Crippen LogP) is 2.81. The Labute approximate surface area is 144 Å². The quantitative estimate of drug-likeness (QED) is 0.789. The summed E-state index contributed by atoms with van der Waals surface area (Å²) < 4.78 is 0. The van der Waals surface area contributed by atoms with Gasteiger partial charge in [0.2, 0.25) is 0 Å². The lowest BCUT2D eigenvalue weighted by molar-refractivity contribution is 0.0893. The molecule has 6 heteroatoms. The van der Waals surface area contributed by atoms with Crippen LogP contribution in [-0.2, 0) is 13.0 Å². The topological polar surface area (TPSA) is 69.8 Å². The number of nitrogens with one attached hydrogen (secondary N) is 3. The second kappa shape index (κ2) is 7.67. The zero-order valence-corrected chi connectivity index (χ0v) is 15.0. The van der Waals surface area contributed by atoms with Gasteiger partial charge in [-0.3, -0.25) is 9.89 Å². The molecule has 1 saturated carbocycles. The van der Waals surface area contributed by atoms with Crippen LogP contribution < -0.4 is 10.6 Å². The molecule has 1 fully saturated rings. The standard InChI is InChI=1S/C17H28N4O.ClH/c1-17(2,12-6-4-3-5-7-12)11-19-16(22)15-13-10-18-9-8-14(13)20-21-15;/h12,18H,3-11H2,1-2H3,(H,19,22)(H,20,21);1H. The minimum absolute atomic E-state index is 0. The lowest BCUT2D eigenvalue weighted by Crippen LogP contribution is -2.40. The number of hydrogen-bond donors (Lipinski definition) is 3. The molecule has 3 rings (SSSR count). The molecule has 0 saturated heterocycles. The SMILES string of the molecule is CC(C)(CNC(=O)c1n[nH]c2c1CNCC2)C1CCCCC1.Cl. The van der Waals surface area contributed by atoms with Gasteiger partial charge in [-0.25, -0.2) is 0 Å². The molecular weight excluding hydrogens is 312 g/mol. The molecule has 130 valence electrons. The highest BCUT2D eigenvalue weighted by Gasteiger charge is 2.31. The maximum absolute atomic E-state index is 12.5. The molecule has 5 nitrogen and oxygen atoms in total. The summed E-state index contributed by atoms with van der Waals surface area (Å²) in [5, 5.41) is 13.7. The van der Waals surface area contributed by atoms with Crippen LogP contribution >= 0.6 is 12.4 Å². The molecule has 0 radical (unpaired) electrons. The smallest absolute Gasteiger partial charge is 0.272 e. The summed E-state index contributed by atoms with van der Waals surface area (Å²) in [6.45, 7) is 6.98. The number of aromatic nitrogens is 2. The van der Waals surface area contributed by atoms with E-state index in [1.165, 1.54) is 32.1 Å². The van der Waals surface area contributed by atoms with E-state index < -0.39 is 0 Å². The third kappa shape index (κ3) is 4.07. The summed E-state index contributed by atoms with van der Waals surface area (Å²) >= 11 is 0. The largest absolute Gasteiger partial charge is 0.350 e. The molecule has 0 spiro atoms. The number of H-pyrrole nitrogens is 1. The van der Waals surface area contributed by atoms with Crippen molar-refractivity contribution in [1.29, 1.82) is 0 Å². The number of amides is 1. The van der Waals surface area contributed by atoms with Crippen molar-refractivity contribution in [3.8, 4) is 0 Å². The molecule has 0 atom stereocenters. The highest BCUT2D eigenvalue weighted by molar-refractivity contribution is 5.94. The van der Waals surface area contributed by atoms with Crippen LogP contribution in [0.1, 0.15) is 67.7 Å². The third-order valence-electron chi connectivity index (χ3n) is 5.44. The van der Waals surface area contributed by atoms with Gasteiger partial charge in [0.25, 0.3) is 5.91 Å². The summed E-state index contributed by atoms with van der Waals surface area (Å²) in [6.07, 6.45) is 7.55. The third-order valence-corrected chi connectivity index (χ3v) is 5.44. The van der Waals surface area contributed by atoms with Crippen LogP contribution in [0.5, 0.6) is 0 Å². The molecule has 1 aromatic rings. The van der Waals surface area contributed by atoms with Crippen molar-refractivity contribution in [2.75, 3.05) is 13.1 Å². The number of carbonyl (C=O) groups excluding carboxylic acids is 1. The van der Waals surface area contributed by atoms with E-state index in [-0.39, 0.29) is 23.7 Å². The number of carbonyl (C=O) groups is 1. The predicted molar refractivity (Wildman–Crippen MR) is 93.9 cm³/mol. The summed E-state index contributed by atoms with van der Waals surface area (Å²) in [5.41, 5.74) is 2.88. The maximum atomic E-state index is 12.5. The normalized spacial score (nSPS) is 18.9. The van der Waals surface area contributed by atoms with Gasteiger partial charge in [0, 0.05) is 37.3 Å². The molecule has 1 aromatic heterocycles. The van der Waals surface area contributed by atoms with Crippen molar-refractivity contribution in [3.05, 3.63) is 17.0 Å². The fourth-order valence-corrected chi connectivity index (χ4v) is 3.83. The minimum Gasteiger partial charge on any atom is -0.350 e. The second-order valence-corrected chi connectivity index (χ2v) is 7.46. The number of halogens is 1. The number of rotatable bonds is 4. The van der Waals surface area contributed by atoms with Crippen molar-refractivity contribution in [3.63, 3.8) is 0 Å². The van der Waals surface area contributed by atoms with Gasteiger partial charge in [0.15, 0.2) is 5.69 Å². The zero-order chi connectivity index (χ0) is 15.6. The maximum Gasteiger partial charge on any atom is 0.272 e. The van der Waals surface area contributed by atoms with Gasteiger partial charge < -0.3 is 10.6 Å². The van der Waals surface area contributed by atoms with Gasteiger partial charge in [-0.05, 0) is 24.2 Å². The molecule has 23 heavy (non-hydrogen) atoms. The molecule has 0 bridgehead atoms. The summed E-state index contributed by atoms with van der Waals surface area (Å²) in [7, 11) is 0. The molecule has 3 N–H and O–H groups in total. The van der Waals surface area contributed by atoms with E-state index in [2.05, 4.69) is 34.7 Å². The van der Waals surface area contributed by atoms with Crippen LogP contribution in [0.4, 0.5) is 0 Å². The molecule has 2 aliphatic rings. The van der Waals surface area contributed by atoms with Crippen LogP contribution in [0.2, 0.25) is 0 Å². The monoisotopic (exact) mass is 340 g/mol. The molecule has 0 aromatic carbocycles. The van der Waals surface area contributed by atoms with Crippen molar-refractivity contribution in [2.24, 2.45) is 11.3 Å². The fraction of sp³-hybridized carbons (Fsp3) is 0.765. The highest BCUT2D eigenvalue weighted by atomic mass is 35.5. The van der Waals surface area contributed by atoms with E-state index in [0.717, 1.165) is 43.2 Å². The average Bonchev–Trinajstić information content (AvgIpc) is 2.98. The average molecular weight is 341 g/mol. The van der Waals surface area contributed by atoms with Crippen molar-refractivity contribution < 1.29 is 4.79 Å². The summed E-state index contributed by atoms with van der Waals surface area (Å²) in [6, 6.07) is 0. The van der Waals surface area contributed by atoms with Crippen LogP contribution in [0.3, 0.4) is 0 Å². The zero-order valence-electron chi connectivity index (χ0n) is 14.2. The second-order valence-electron chi connectivity index (χ2n) is 7.46. The Morgan fingerprint density at radius 2 is 2.04 bits per heavy atom. The molecule has 0 unspecified atom stereocenters. The summed E-state index contributed by atoms with van der Waals surface area (Å²) in [4.78, 5) is 12.5. The highest BCUT2D eigenvalue weighted by Crippen LogP contribution is 2.37. The van der Waals surface area contributed by atoms with E-state index in [1.807, 2.05) is 0 Å². The molecule has 1 amide bonds. The Kier molecular flexibility index (Phi) is 6.09. The molecule has 1 aliphatic heterocycles. The minimum atomic E-state index is -0.0370. The number of hydrogen-bond acceptors (Lipinski definition) is 3. The number of aromatic amines is 1. The van der Waals surface area contributed by atoms with Crippen LogP contribution in [-0.4, -0.2) is 29.2 Å². The lowest BCUT2D eigenvalue weighted by atomic mass is 9.71. The van der Waals surface area contributed by atoms with Gasteiger partial charge >= 0.3 is 0 Å². The van der Waals surface area contributed by atoms with E-state index >= 15 is 0 Å². The lowest BCUT2D eigenvalue weighted by Gasteiger charge is -2.37. The Morgan fingerprint density at radius 1 is 1.30 bits per heavy atom. The molecular formula is C17H29ClN4O. The van der Waals surface area contributed by atoms with Gasteiger partial charge in [-0.1, -0.05) is 33.1 Å². The summed E-state index contributed by atoms with van der Waals surface area (Å²) in [5.74, 6) is 0.682. The number of fused-ring (bicyclic) bond motifs is 1. The van der Waals surface area contributed by atoms with Crippen molar-refractivity contribution >= 4 is 18.3 Å². The Morgan fingerprint density at radius 3 is 2.78 bits per heavy atom. The van der Waals surface area contributed by atoms with Gasteiger partial charge in [0.05, 0.1) is 0 Å². The van der Waals surface area contributed by atoms with E-state index in [0.29, 0.717) is 5.69 Å². The molecule has 1 aliphatic carbocycles. The van der Waals surface area contributed by atoms with E-state index in [9.17, 15) is 4.79 Å².